The summed E-state index contributed by atoms with van der Waals surface area (Å²) in [6, 6.07) is 0. The molecule has 4 N–H and O–H groups in total. The van der Waals surface area contributed by atoms with Crippen molar-refractivity contribution in [1.29, 1.82) is 0 Å². The maximum atomic E-state index is 8.74. The number of rotatable bonds is 0. The minimum absolute atomic E-state index is 0. The molecule has 0 aliphatic carbocycles. The maximum absolute atomic E-state index is 8.74. The first-order valence-electron chi connectivity index (χ1n) is 0.698. The fraction of sp³-hybridized carbons (Fsp3) is 0. The predicted octanol–water partition coefficient (Wildman–Crippen LogP) is -1.86. The van der Waals surface area contributed by atoms with Crippen molar-refractivity contribution < 1.29 is 23.0 Å². The van der Waals surface area contributed by atoms with Crippen molar-refractivity contribution in [1.82, 2.24) is 0 Å². The van der Waals surface area contributed by atoms with E-state index in [0.717, 1.165) is 0 Å². The van der Waals surface area contributed by atoms with Crippen LogP contribution >= 0.6 is 0 Å². The molecule has 0 aliphatic heterocycles. The summed E-state index contributed by atoms with van der Waals surface area (Å²) in [5.74, 6) is 0. The Morgan fingerprint density at radius 1 is 1.14 bits per heavy atom. The molecule has 0 unspecified atom stereocenters. The quantitative estimate of drug-likeness (QED) is 0.303. The van der Waals surface area contributed by atoms with Gasteiger partial charge >= 0.3 is 10.4 Å². The van der Waals surface area contributed by atoms with Crippen LogP contribution in [0.1, 0.15) is 0 Å². The summed E-state index contributed by atoms with van der Waals surface area (Å²) in [6.45, 7) is 0. The van der Waals surface area contributed by atoms with Gasteiger partial charge in [-0.1, -0.05) is 0 Å². The predicted molar refractivity (Wildman–Crippen MR) is 23.5 cm³/mol. The Morgan fingerprint density at radius 3 is 1.14 bits per heavy atom. The molecule has 7 heteroatoms. The van der Waals surface area contributed by atoms with Gasteiger partial charge in [-0.15, -0.1) is 0 Å². The molecule has 1 radical (unpaired) electrons. The molecule has 0 heterocycles. The molecular formula is H4NaO5S. The van der Waals surface area contributed by atoms with Crippen LogP contribution in [0.5, 0.6) is 0 Å². The molecule has 0 aliphatic rings. The smallest absolute Gasteiger partial charge is 0.394 e. The molecule has 7 heavy (non-hydrogen) atoms. The van der Waals surface area contributed by atoms with Gasteiger partial charge in [0.25, 0.3) is 0 Å². The van der Waals surface area contributed by atoms with Gasteiger partial charge in [-0.2, -0.15) is 8.42 Å². The monoisotopic (exact) mass is 139 g/mol. The number of hydrogen-bond acceptors (Lipinski definition) is 2. The van der Waals surface area contributed by atoms with Gasteiger partial charge in [-0.25, -0.2) is 0 Å². The van der Waals surface area contributed by atoms with Gasteiger partial charge in [0, 0.05) is 29.6 Å². The summed E-state index contributed by atoms with van der Waals surface area (Å²) in [5, 5.41) is 0. The van der Waals surface area contributed by atoms with Crippen LogP contribution in [0.2, 0.25) is 0 Å². The minimum Gasteiger partial charge on any atom is -0.412 e. The molecule has 0 saturated heterocycles. The molecule has 0 spiro atoms. The third-order valence-electron chi connectivity index (χ3n) is 0. The Hall–Kier alpha value is 0.830. The zero-order valence-electron chi connectivity index (χ0n) is 3.62. The molecule has 0 fully saturated rings. The fourth-order valence-electron chi connectivity index (χ4n) is 0. The molecule has 0 saturated carbocycles. The fourth-order valence-corrected chi connectivity index (χ4v) is 0. The van der Waals surface area contributed by atoms with Gasteiger partial charge in [0.2, 0.25) is 0 Å². The average Bonchev–Trinajstić information content (AvgIpc) is 0.722. The van der Waals surface area contributed by atoms with E-state index in [2.05, 4.69) is 0 Å². The first-order valence-corrected chi connectivity index (χ1v) is 2.10. The molecule has 0 aromatic rings. The van der Waals surface area contributed by atoms with Gasteiger partial charge in [0.1, 0.15) is 0 Å². The van der Waals surface area contributed by atoms with Crippen molar-refractivity contribution in [2.75, 3.05) is 0 Å². The molecule has 41 valence electrons. The van der Waals surface area contributed by atoms with E-state index in [-0.39, 0.29) is 35.0 Å². The Balaban J connectivity index is -0.0000000800. The Bertz CT molecular complexity index is 91.2. The van der Waals surface area contributed by atoms with Gasteiger partial charge in [-0.3, -0.25) is 9.11 Å². The van der Waals surface area contributed by atoms with Crippen LogP contribution in [0, 0.1) is 0 Å². The van der Waals surface area contributed by atoms with E-state index in [1.165, 1.54) is 0 Å². The van der Waals surface area contributed by atoms with Crippen molar-refractivity contribution >= 4 is 40.0 Å². The van der Waals surface area contributed by atoms with Crippen LogP contribution in [0.4, 0.5) is 0 Å². The van der Waals surface area contributed by atoms with Crippen molar-refractivity contribution in [3.63, 3.8) is 0 Å². The van der Waals surface area contributed by atoms with Gasteiger partial charge in [0.15, 0.2) is 0 Å². The number of hydrogen-bond donors (Lipinski definition) is 2. The van der Waals surface area contributed by atoms with Gasteiger partial charge in [-0.05, 0) is 0 Å². The Morgan fingerprint density at radius 2 is 1.14 bits per heavy atom. The van der Waals surface area contributed by atoms with Crippen molar-refractivity contribution in [3.8, 4) is 0 Å². The van der Waals surface area contributed by atoms with Crippen LogP contribution in [-0.4, -0.2) is 52.6 Å². The van der Waals surface area contributed by atoms with Crippen LogP contribution in [0.25, 0.3) is 0 Å². The van der Waals surface area contributed by atoms with Crippen molar-refractivity contribution in [2.24, 2.45) is 0 Å². The van der Waals surface area contributed by atoms with Crippen molar-refractivity contribution in [2.45, 2.75) is 0 Å². The summed E-state index contributed by atoms with van der Waals surface area (Å²) in [7, 11) is -4.67. The topological polar surface area (TPSA) is 106 Å². The normalized spacial score (nSPS) is 8.29. The van der Waals surface area contributed by atoms with E-state index in [1.807, 2.05) is 0 Å². The summed E-state index contributed by atoms with van der Waals surface area (Å²) < 4.78 is 31.6. The summed E-state index contributed by atoms with van der Waals surface area (Å²) in [5.41, 5.74) is 0. The average molecular weight is 139 g/mol. The van der Waals surface area contributed by atoms with E-state index in [1.54, 1.807) is 0 Å². The van der Waals surface area contributed by atoms with E-state index in [4.69, 9.17) is 17.5 Å². The first kappa shape index (κ1) is 15.7. The first-order chi connectivity index (χ1) is 2.00. The van der Waals surface area contributed by atoms with Crippen LogP contribution in [0.15, 0.2) is 0 Å². The van der Waals surface area contributed by atoms with Crippen molar-refractivity contribution in [3.05, 3.63) is 0 Å². The van der Waals surface area contributed by atoms with Crippen LogP contribution in [0.3, 0.4) is 0 Å². The largest absolute Gasteiger partial charge is 0.412 e. The molecule has 0 aromatic carbocycles. The zero-order chi connectivity index (χ0) is 4.50. The second-order valence-corrected chi connectivity index (χ2v) is 1.34. The van der Waals surface area contributed by atoms with Gasteiger partial charge in [0.05, 0.1) is 0 Å². The Labute approximate surface area is 62.9 Å². The second-order valence-electron chi connectivity index (χ2n) is 0.448. The van der Waals surface area contributed by atoms with E-state index in [9.17, 15) is 0 Å². The van der Waals surface area contributed by atoms with E-state index in [0.29, 0.717) is 0 Å². The summed E-state index contributed by atoms with van der Waals surface area (Å²) in [6.07, 6.45) is 0. The minimum atomic E-state index is -4.67. The third kappa shape index (κ3) is 231. The SMILES string of the molecule is O.O=S(=O)(O)O.[Na]. The van der Waals surface area contributed by atoms with Crippen LogP contribution in [-0.2, 0) is 10.4 Å². The molecule has 0 amide bonds. The standard InChI is InChI=1S/Na.H2O4S.H2O/c;1-5(2,3)4;/h;(H2,1,2,3,4);1H2. The van der Waals surface area contributed by atoms with E-state index >= 15 is 0 Å². The second kappa shape index (κ2) is 4.98. The molecule has 0 rings (SSSR count). The summed E-state index contributed by atoms with van der Waals surface area (Å²) >= 11 is 0. The summed E-state index contributed by atoms with van der Waals surface area (Å²) in [4.78, 5) is 0. The molecule has 5 nitrogen and oxygen atoms in total. The molecule has 0 bridgehead atoms. The van der Waals surface area contributed by atoms with Gasteiger partial charge < -0.3 is 5.48 Å². The molecular weight excluding hydrogens is 135 g/mol. The Kier molecular flexibility index (Phi) is 11.1. The maximum Gasteiger partial charge on any atom is 0.394 e. The third-order valence-corrected chi connectivity index (χ3v) is 0. The van der Waals surface area contributed by atoms with E-state index < -0.39 is 10.4 Å². The zero-order valence-corrected chi connectivity index (χ0v) is 6.44. The molecule has 0 atom stereocenters. The van der Waals surface area contributed by atoms with Crippen LogP contribution < -0.4 is 0 Å². The molecule has 0 aromatic heterocycles.